The Morgan fingerprint density at radius 2 is 1.72 bits per heavy atom. The molecule has 4 heteroatoms. The second-order valence-electron chi connectivity index (χ2n) is 4.71. The molecule has 0 radical (unpaired) electrons. The van der Waals surface area contributed by atoms with Gasteiger partial charge in [0.05, 0.1) is 12.6 Å². The largest absolute Gasteiger partial charge is 0.480 e. The fraction of sp³-hybridized carbons (Fsp3) is 0.500. The van der Waals surface area contributed by atoms with E-state index in [0.29, 0.717) is 0 Å². The number of carboxylic acids is 1. The molecule has 0 aliphatic rings. The van der Waals surface area contributed by atoms with Crippen molar-refractivity contribution in [3.05, 3.63) is 33.9 Å². The molecule has 1 aromatic carbocycles. The predicted octanol–water partition coefficient (Wildman–Crippen LogP) is 1.63. The molecule has 0 fully saturated rings. The van der Waals surface area contributed by atoms with Crippen molar-refractivity contribution in [3.63, 3.8) is 0 Å². The lowest BCUT2D eigenvalue weighted by Gasteiger charge is -2.20. The minimum Gasteiger partial charge on any atom is -0.480 e. The van der Waals surface area contributed by atoms with Gasteiger partial charge < -0.3 is 15.5 Å². The maximum atomic E-state index is 10.4. The highest BCUT2D eigenvalue weighted by atomic mass is 16.4. The lowest BCUT2D eigenvalue weighted by atomic mass is 9.91. The number of carboxylic acid groups (broad SMARTS) is 1. The summed E-state index contributed by atoms with van der Waals surface area (Å²) < 4.78 is 0. The Morgan fingerprint density at radius 3 is 2.17 bits per heavy atom. The van der Waals surface area contributed by atoms with Gasteiger partial charge in [0.25, 0.3) is 0 Å². The third kappa shape index (κ3) is 3.31. The van der Waals surface area contributed by atoms with Gasteiger partial charge in [-0.15, -0.1) is 0 Å². The Balaban J connectivity index is 2.91. The van der Waals surface area contributed by atoms with Crippen molar-refractivity contribution >= 4 is 5.97 Å². The monoisotopic (exact) mass is 251 g/mol. The number of aliphatic hydroxyl groups is 1. The molecule has 0 aromatic heterocycles. The van der Waals surface area contributed by atoms with Crippen LogP contribution >= 0.6 is 0 Å². The van der Waals surface area contributed by atoms with Gasteiger partial charge in [0.15, 0.2) is 0 Å². The van der Waals surface area contributed by atoms with Crippen LogP contribution in [0.2, 0.25) is 0 Å². The van der Waals surface area contributed by atoms with Crippen LogP contribution in [0.5, 0.6) is 0 Å². The Morgan fingerprint density at radius 1 is 1.22 bits per heavy atom. The van der Waals surface area contributed by atoms with Gasteiger partial charge in [0.2, 0.25) is 0 Å². The Labute approximate surface area is 108 Å². The molecular weight excluding hydrogens is 230 g/mol. The lowest BCUT2D eigenvalue weighted by molar-refractivity contribution is -0.136. The molecule has 4 nitrogen and oxygen atoms in total. The van der Waals surface area contributed by atoms with Gasteiger partial charge in [-0.25, -0.2) is 0 Å². The van der Waals surface area contributed by atoms with E-state index < -0.39 is 12.1 Å². The van der Waals surface area contributed by atoms with Crippen molar-refractivity contribution in [1.29, 1.82) is 0 Å². The van der Waals surface area contributed by atoms with Crippen LogP contribution in [0.1, 0.15) is 33.9 Å². The van der Waals surface area contributed by atoms with Crippen LogP contribution in [-0.2, 0) is 4.79 Å². The number of nitrogens with one attached hydrogen (secondary N) is 1. The first-order valence-electron chi connectivity index (χ1n) is 6.02. The van der Waals surface area contributed by atoms with Crippen molar-refractivity contribution in [2.75, 3.05) is 13.1 Å². The summed E-state index contributed by atoms with van der Waals surface area (Å²) in [5.41, 5.74) is 5.34. The van der Waals surface area contributed by atoms with E-state index >= 15 is 0 Å². The van der Waals surface area contributed by atoms with E-state index in [2.05, 4.69) is 11.4 Å². The van der Waals surface area contributed by atoms with Crippen LogP contribution < -0.4 is 5.32 Å². The standard InChI is InChI=1S/C14H21NO3/c1-8-5-9(2)11(4)14(10(8)3)12(16)6-15-7-13(17)18/h5,12,15-16H,6-7H2,1-4H3,(H,17,18). The molecule has 3 N–H and O–H groups in total. The zero-order valence-corrected chi connectivity index (χ0v) is 11.4. The van der Waals surface area contributed by atoms with Gasteiger partial charge in [-0.2, -0.15) is 0 Å². The summed E-state index contributed by atoms with van der Waals surface area (Å²) in [5.74, 6) is -0.920. The van der Waals surface area contributed by atoms with Crippen LogP contribution in [0.25, 0.3) is 0 Å². The maximum Gasteiger partial charge on any atom is 0.317 e. The molecule has 0 spiro atoms. The highest BCUT2D eigenvalue weighted by Crippen LogP contribution is 2.26. The molecule has 1 rings (SSSR count). The molecule has 0 saturated heterocycles. The fourth-order valence-electron chi connectivity index (χ4n) is 2.17. The van der Waals surface area contributed by atoms with E-state index in [-0.39, 0.29) is 13.1 Å². The number of rotatable bonds is 5. The smallest absolute Gasteiger partial charge is 0.317 e. The quantitative estimate of drug-likeness (QED) is 0.744. The van der Waals surface area contributed by atoms with Gasteiger partial charge in [-0.3, -0.25) is 4.79 Å². The van der Waals surface area contributed by atoms with Crippen molar-refractivity contribution < 1.29 is 15.0 Å². The first-order chi connectivity index (χ1) is 8.34. The molecule has 0 bridgehead atoms. The van der Waals surface area contributed by atoms with Crippen molar-refractivity contribution in [3.8, 4) is 0 Å². The highest BCUT2D eigenvalue weighted by Gasteiger charge is 2.16. The Hall–Kier alpha value is -1.39. The Kier molecular flexibility index (Phi) is 4.87. The van der Waals surface area contributed by atoms with E-state index in [1.54, 1.807) is 0 Å². The molecule has 18 heavy (non-hydrogen) atoms. The number of aliphatic hydroxyl groups excluding tert-OH is 1. The summed E-state index contributed by atoms with van der Waals surface area (Å²) >= 11 is 0. The number of benzene rings is 1. The molecule has 1 aromatic rings. The molecule has 1 unspecified atom stereocenters. The molecule has 0 saturated carbocycles. The van der Waals surface area contributed by atoms with Gasteiger partial charge in [-0.1, -0.05) is 6.07 Å². The van der Waals surface area contributed by atoms with Crippen LogP contribution in [-0.4, -0.2) is 29.3 Å². The van der Waals surface area contributed by atoms with Crippen molar-refractivity contribution in [2.24, 2.45) is 0 Å². The Bertz CT molecular complexity index is 429. The summed E-state index contributed by atoms with van der Waals surface area (Å²) in [5, 5.41) is 21.5. The average Bonchev–Trinajstić information content (AvgIpc) is 2.26. The first kappa shape index (κ1) is 14.7. The summed E-state index contributed by atoms with van der Waals surface area (Å²) in [6.45, 7) is 8.11. The summed E-state index contributed by atoms with van der Waals surface area (Å²) in [6.07, 6.45) is -0.678. The number of hydrogen-bond donors (Lipinski definition) is 3. The molecule has 0 aliphatic heterocycles. The van der Waals surface area contributed by atoms with Crippen molar-refractivity contribution in [1.82, 2.24) is 5.32 Å². The van der Waals surface area contributed by atoms with E-state index in [9.17, 15) is 9.90 Å². The second-order valence-corrected chi connectivity index (χ2v) is 4.71. The minimum absolute atomic E-state index is 0.139. The maximum absolute atomic E-state index is 10.4. The fourth-order valence-corrected chi connectivity index (χ4v) is 2.17. The average molecular weight is 251 g/mol. The van der Waals surface area contributed by atoms with Crippen LogP contribution in [0, 0.1) is 27.7 Å². The predicted molar refractivity (Wildman–Crippen MR) is 70.9 cm³/mol. The minimum atomic E-state index is -0.920. The molecule has 100 valence electrons. The van der Waals surface area contributed by atoms with Crippen LogP contribution in [0.4, 0.5) is 0 Å². The normalized spacial score (nSPS) is 12.5. The van der Waals surface area contributed by atoms with Gasteiger partial charge in [-0.05, 0) is 55.5 Å². The van der Waals surface area contributed by atoms with Crippen molar-refractivity contribution in [2.45, 2.75) is 33.8 Å². The summed E-state index contributed by atoms with van der Waals surface area (Å²) in [4.78, 5) is 10.4. The third-order valence-electron chi connectivity index (χ3n) is 3.37. The molecule has 0 amide bonds. The molecule has 0 heterocycles. The molecule has 1 atom stereocenters. The van der Waals surface area contributed by atoms with E-state index in [1.165, 1.54) is 0 Å². The first-order valence-corrected chi connectivity index (χ1v) is 6.02. The number of carbonyl (C=O) groups is 1. The SMILES string of the molecule is Cc1cc(C)c(C)c(C(O)CNCC(=O)O)c1C. The molecular formula is C14H21NO3. The van der Waals surface area contributed by atoms with Gasteiger partial charge in [0.1, 0.15) is 0 Å². The number of aliphatic carboxylic acids is 1. The van der Waals surface area contributed by atoms with E-state index in [0.717, 1.165) is 27.8 Å². The number of aryl methyl sites for hydroxylation is 2. The van der Waals surface area contributed by atoms with E-state index in [4.69, 9.17) is 5.11 Å². The van der Waals surface area contributed by atoms with Crippen LogP contribution in [0.15, 0.2) is 6.07 Å². The lowest BCUT2D eigenvalue weighted by Crippen LogP contribution is -2.28. The molecule has 0 aliphatic carbocycles. The van der Waals surface area contributed by atoms with E-state index in [1.807, 2.05) is 27.7 Å². The van der Waals surface area contributed by atoms with Gasteiger partial charge >= 0.3 is 5.97 Å². The summed E-state index contributed by atoms with van der Waals surface area (Å²) in [7, 11) is 0. The highest BCUT2D eigenvalue weighted by molar-refractivity contribution is 5.69. The van der Waals surface area contributed by atoms with Gasteiger partial charge in [0, 0.05) is 6.54 Å². The van der Waals surface area contributed by atoms with Crippen LogP contribution in [0.3, 0.4) is 0 Å². The summed E-state index contributed by atoms with van der Waals surface area (Å²) in [6, 6.07) is 2.10. The zero-order valence-electron chi connectivity index (χ0n) is 11.4. The topological polar surface area (TPSA) is 69.6 Å². The number of hydrogen-bond acceptors (Lipinski definition) is 3. The second kappa shape index (κ2) is 5.98. The third-order valence-corrected chi connectivity index (χ3v) is 3.37. The zero-order chi connectivity index (χ0) is 13.9.